The van der Waals surface area contributed by atoms with E-state index in [1.54, 1.807) is 18.2 Å². The molecule has 2 aromatic carbocycles. The van der Waals surface area contributed by atoms with Crippen molar-refractivity contribution < 1.29 is 19.4 Å². The lowest BCUT2D eigenvalue weighted by Crippen LogP contribution is -2.03. The van der Waals surface area contributed by atoms with Gasteiger partial charge in [-0.15, -0.1) is 5.10 Å². The number of aromatic carboxylic acids is 1. The van der Waals surface area contributed by atoms with E-state index in [0.717, 1.165) is 11.1 Å². The maximum absolute atomic E-state index is 11.5. The minimum atomic E-state index is -1.13. The normalized spacial score (nSPS) is 12.4. The van der Waals surface area contributed by atoms with E-state index in [9.17, 15) is 9.90 Å². The predicted molar refractivity (Wildman–Crippen MR) is 84.6 cm³/mol. The zero-order valence-corrected chi connectivity index (χ0v) is 12.8. The summed E-state index contributed by atoms with van der Waals surface area (Å²) in [6.45, 7) is 2.14. The molecule has 0 atom stereocenters. The van der Waals surface area contributed by atoms with Crippen LogP contribution in [0.3, 0.4) is 0 Å². The molecular formula is C17H13N3O4. The Kier molecular flexibility index (Phi) is 3.19. The highest BCUT2D eigenvalue weighted by Crippen LogP contribution is 2.35. The quantitative estimate of drug-likeness (QED) is 0.797. The monoisotopic (exact) mass is 323 g/mol. The molecular weight excluding hydrogens is 310 g/mol. The fourth-order valence-corrected chi connectivity index (χ4v) is 2.59. The van der Waals surface area contributed by atoms with Crippen LogP contribution in [0, 0.1) is 6.92 Å². The number of ether oxygens (including phenoxy) is 2. The van der Waals surface area contributed by atoms with Crippen molar-refractivity contribution in [1.29, 1.82) is 0 Å². The van der Waals surface area contributed by atoms with Crippen LogP contribution in [0.25, 0.3) is 16.9 Å². The number of hydrogen-bond donors (Lipinski definition) is 1. The lowest BCUT2D eigenvalue weighted by atomic mass is 10.1. The van der Waals surface area contributed by atoms with Crippen LogP contribution in [-0.2, 0) is 0 Å². The Morgan fingerprint density at radius 1 is 1.12 bits per heavy atom. The molecule has 7 heteroatoms. The molecule has 3 aromatic rings. The molecule has 0 spiro atoms. The average Bonchev–Trinajstić information content (AvgIpc) is 3.21. The topological polar surface area (TPSA) is 86.5 Å². The number of benzene rings is 2. The van der Waals surface area contributed by atoms with Crippen molar-refractivity contribution in [3.8, 4) is 28.4 Å². The van der Waals surface area contributed by atoms with Gasteiger partial charge in [0.1, 0.15) is 5.69 Å². The van der Waals surface area contributed by atoms with E-state index in [2.05, 4.69) is 10.3 Å². The Morgan fingerprint density at radius 3 is 2.62 bits per heavy atom. The first-order chi connectivity index (χ1) is 11.6. The molecule has 1 aliphatic heterocycles. The number of hydrogen-bond acceptors (Lipinski definition) is 5. The van der Waals surface area contributed by atoms with Gasteiger partial charge in [-0.1, -0.05) is 35.0 Å². The second-order valence-electron chi connectivity index (χ2n) is 5.41. The predicted octanol–water partition coefficient (Wildman–Crippen LogP) is 2.67. The van der Waals surface area contributed by atoms with Gasteiger partial charge in [0.2, 0.25) is 6.79 Å². The summed E-state index contributed by atoms with van der Waals surface area (Å²) in [5, 5.41) is 17.3. The van der Waals surface area contributed by atoms with E-state index in [1.807, 2.05) is 31.2 Å². The molecule has 0 bridgehead atoms. The molecule has 0 fully saturated rings. The molecule has 0 unspecified atom stereocenters. The third-order valence-corrected chi connectivity index (χ3v) is 3.80. The SMILES string of the molecule is Cc1ccc(-c2c(C(=O)O)nnn2-c2ccc3c(c2)OCO3)cc1. The number of rotatable bonds is 3. The second kappa shape index (κ2) is 5.38. The third-order valence-electron chi connectivity index (χ3n) is 3.80. The van der Waals surface area contributed by atoms with Gasteiger partial charge in [-0.05, 0) is 19.1 Å². The van der Waals surface area contributed by atoms with E-state index in [4.69, 9.17) is 9.47 Å². The molecule has 0 saturated carbocycles. The van der Waals surface area contributed by atoms with Crippen molar-refractivity contribution in [3.63, 3.8) is 0 Å². The summed E-state index contributed by atoms with van der Waals surface area (Å²) in [7, 11) is 0. The van der Waals surface area contributed by atoms with E-state index in [0.29, 0.717) is 22.9 Å². The van der Waals surface area contributed by atoms with E-state index in [1.165, 1.54) is 4.68 Å². The van der Waals surface area contributed by atoms with Crippen molar-refractivity contribution in [2.45, 2.75) is 6.92 Å². The number of carboxylic acids is 1. The molecule has 0 aliphatic carbocycles. The van der Waals surface area contributed by atoms with Crippen LogP contribution < -0.4 is 9.47 Å². The number of fused-ring (bicyclic) bond motifs is 1. The van der Waals surface area contributed by atoms with Crippen LogP contribution >= 0.6 is 0 Å². The van der Waals surface area contributed by atoms with Crippen molar-refractivity contribution in [2.75, 3.05) is 6.79 Å². The molecule has 120 valence electrons. The fraction of sp³-hybridized carbons (Fsp3) is 0.118. The van der Waals surface area contributed by atoms with Gasteiger partial charge in [0, 0.05) is 11.6 Å². The molecule has 0 amide bonds. The number of carbonyl (C=O) groups is 1. The van der Waals surface area contributed by atoms with Crippen molar-refractivity contribution in [3.05, 3.63) is 53.7 Å². The molecule has 2 heterocycles. The Balaban J connectivity index is 1.90. The van der Waals surface area contributed by atoms with Crippen LogP contribution in [0.4, 0.5) is 0 Å². The van der Waals surface area contributed by atoms with Crippen LogP contribution in [0.1, 0.15) is 16.1 Å². The molecule has 1 N–H and O–H groups in total. The standard InChI is InChI=1S/C17H13N3O4/c1-10-2-4-11(5-3-10)16-15(17(21)22)18-19-20(16)12-6-7-13-14(8-12)24-9-23-13/h2-8H,9H2,1H3,(H,21,22). The Bertz CT molecular complexity index is 932. The largest absolute Gasteiger partial charge is 0.476 e. The van der Waals surface area contributed by atoms with E-state index < -0.39 is 5.97 Å². The maximum atomic E-state index is 11.5. The van der Waals surface area contributed by atoms with Gasteiger partial charge in [0.25, 0.3) is 0 Å². The lowest BCUT2D eigenvalue weighted by molar-refractivity contribution is 0.0691. The fourth-order valence-electron chi connectivity index (χ4n) is 2.59. The maximum Gasteiger partial charge on any atom is 0.358 e. The van der Waals surface area contributed by atoms with Gasteiger partial charge in [-0.25, -0.2) is 9.48 Å². The Labute approximate surface area is 137 Å². The van der Waals surface area contributed by atoms with E-state index >= 15 is 0 Å². The van der Waals surface area contributed by atoms with Crippen LogP contribution in [0.2, 0.25) is 0 Å². The summed E-state index contributed by atoms with van der Waals surface area (Å²) in [5.41, 5.74) is 2.77. The van der Waals surface area contributed by atoms with Gasteiger partial charge in [0.05, 0.1) is 5.69 Å². The first kappa shape index (κ1) is 14.3. The molecule has 0 saturated heterocycles. The summed E-state index contributed by atoms with van der Waals surface area (Å²) in [5.74, 6) is 0.113. The minimum Gasteiger partial charge on any atom is -0.476 e. The highest BCUT2D eigenvalue weighted by Gasteiger charge is 2.23. The summed E-state index contributed by atoms with van der Waals surface area (Å²) < 4.78 is 12.2. The molecule has 1 aliphatic rings. The highest BCUT2D eigenvalue weighted by atomic mass is 16.7. The number of carboxylic acid groups (broad SMARTS) is 1. The summed E-state index contributed by atoms with van der Waals surface area (Å²) in [4.78, 5) is 11.5. The van der Waals surface area contributed by atoms with Crippen LogP contribution in [0.15, 0.2) is 42.5 Å². The molecule has 1 aromatic heterocycles. The summed E-state index contributed by atoms with van der Waals surface area (Å²) >= 11 is 0. The number of aromatic nitrogens is 3. The van der Waals surface area contributed by atoms with Gasteiger partial charge in [-0.2, -0.15) is 0 Å². The van der Waals surface area contributed by atoms with Gasteiger partial charge >= 0.3 is 5.97 Å². The zero-order valence-electron chi connectivity index (χ0n) is 12.8. The van der Waals surface area contributed by atoms with Crippen molar-refractivity contribution in [1.82, 2.24) is 15.0 Å². The Hall–Kier alpha value is -3.35. The van der Waals surface area contributed by atoms with Crippen LogP contribution in [-0.4, -0.2) is 32.9 Å². The van der Waals surface area contributed by atoms with Crippen molar-refractivity contribution >= 4 is 5.97 Å². The Morgan fingerprint density at radius 2 is 1.88 bits per heavy atom. The van der Waals surface area contributed by atoms with Crippen molar-refractivity contribution in [2.24, 2.45) is 0 Å². The van der Waals surface area contributed by atoms with Gasteiger partial charge in [0.15, 0.2) is 17.2 Å². The molecule has 4 rings (SSSR count). The van der Waals surface area contributed by atoms with Gasteiger partial charge in [-0.3, -0.25) is 0 Å². The second-order valence-corrected chi connectivity index (χ2v) is 5.41. The highest BCUT2D eigenvalue weighted by molar-refractivity contribution is 5.93. The summed E-state index contributed by atoms with van der Waals surface area (Å²) in [6.07, 6.45) is 0. The molecule has 7 nitrogen and oxygen atoms in total. The van der Waals surface area contributed by atoms with E-state index in [-0.39, 0.29) is 12.5 Å². The molecule has 0 radical (unpaired) electrons. The first-order valence-electron chi connectivity index (χ1n) is 7.29. The summed E-state index contributed by atoms with van der Waals surface area (Å²) in [6, 6.07) is 12.8. The van der Waals surface area contributed by atoms with Gasteiger partial charge < -0.3 is 14.6 Å². The smallest absolute Gasteiger partial charge is 0.358 e. The third kappa shape index (κ3) is 2.26. The molecule has 24 heavy (non-hydrogen) atoms. The number of nitrogens with zero attached hydrogens (tertiary/aromatic N) is 3. The van der Waals surface area contributed by atoms with Crippen LogP contribution in [0.5, 0.6) is 11.5 Å². The average molecular weight is 323 g/mol. The lowest BCUT2D eigenvalue weighted by Gasteiger charge is -2.08. The number of aryl methyl sites for hydroxylation is 1. The minimum absolute atomic E-state index is 0.100. The first-order valence-corrected chi connectivity index (χ1v) is 7.29. The zero-order chi connectivity index (χ0) is 16.7.